The summed E-state index contributed by atoms with van der Waals surface area (Å²) in [6.07, 6.45) is -6.62. The SMILES string of the molecule is Cc1ccc(C(C)C)c(OC(C)C(=O)N2CCC(C(=O)O)(C(F)(F)F)C2)c1. The van der Waals surface area contributed by atoms with E-state index in [0.29, 0.717) is 5.75 Å². The van der Waals surface area contributed by atoms with E-state index in [2.05, 4.69) is 0 Å². The number of hydrogen-bond donors (Lipinski definition) is 1. The van der Waals surface area contributed by atoms with Crippen molar-refractivity contribution in [1.82, 2.24) is 4.90 Å². The summed E-state index contributed by atoms with van der Waals surface area (Å²) in [5, 5.41) is 9.11. The lowest BCUT2D eigenvalue weighted by molar-refractivity contribution is -0.227. The van der Waals surface area contributed by atoms with E-state index in [4.69, 9.17) is 9.84 Å². The Hall–Kier alpha value is -2.25. The van der Waals surface area contributed by atoms with E-state index >= 15 is 0 Å². The lowest BCUT2D eigenvalue weighted by Gasteiger charge is -2.28. The zero-order chi connectivity index (χ0) is 20.6. The molecule has 2 atom stereocenters. The summed E-state index contributed by atoms with van der Waals surface area (Å²) >= 11 is 0. The van der Waals surface area contributed by atoms with E-state index in [1.54, 1.807) is 6.07 Å². The Bertz CT molecular complexity index is 732. The Labute approximate surface area is 156 Å². The highest BCUT2D eigenvalue weighted by Gasteiger charge is 2.64. The van der Waals surface area contributed by atoms with Crippen LogP contribution in [0, 0.1) is 12.3 Å². The van der Waals surface area contributed by atoms with Crippen LogP contribution in [0.25, 0.3) is 0 Å². The number of carbonyl (C=O) groups excluding carboxylic acids is 1. The fraction of sp³-hybridized carbons (Fsp3) is 0.579. The molecule has 0 bridgehead atoms. The van der Waals surface area contributed by atoms with Crippen LogP contribution in [-0.2, 0) is 9.59 Å². The van der Waals surface area contributed by atoms with Gasteiger partial charge < -0.3 is 14.7 Å². The lowest BCUT2D eigenvalue weighted by Crippen LogP contribution is -2.49. The highest BCUT2D eigenvalue weighted by atomic mass is 19.4. The van der Waals surface area contributed by atoms with Gasteiger partial charge in [0.2, 0.25) is 0 Å². The van der Waals surface area contributed by atoms with Crippen LogP contribution in [0.1, 0.15) is 44.2 Å². The number of aryl methyl sites for hydroxylation is 1. The molecule has 1 fully saturated rings. The number of ether oxygens (including phenoxy) is 1. The third-order valence-corrected chi connectivity index (χ3v) is 4.98. The molecule has 8 heteroatoms. The van der Waals surface area contributed by atoms with Crippen LogP contribution in [-0.4, -0.2) is 47.3 Å². The normalized spacial score (nSPS) is 21.4. The van der Waals surface area contributed by atoms with E-state index < -0.39 is 42.5 Å². The van der Waals surface area contributed by atoms with Crippen LogP contribution in [0.3, 0.4) is 0 Å². The molecule has 2 unspecified atom stereocenters. The molecule has 1 heterocycles. The number of halogens is 3. The van der Waals surface area contributed by atoms with Crippen molar-refractivity contribution in [2.75, 3.05) is 13.1 Å². The summed E-state index contributed by atoms with van der Waals surface area (Å²) in [5.41, 5.74) is -1.11. The Morgan fingerprint density at radius 2 is 1.89 bits per heavy atom. The number of carbonyl (C=O) groups is 2. The van der Waals surface area contributed by atoms with Gasteiger partial charge in [-0.1, -0.05) is 26.0 Å². The van der Waals surface area contributed by atoms with Gasteiger partial charge in [-0.2, -0.15) is 13.2 Å². The highest BCUT2D eigenvalue weighted by Crippen LogP contribution is 2.46. The van der Waals surface area contributed by atoms with Gasteiger partial charge in [0.25, 0.3) is 5.91 Å². The Morgan fingerprint density at radius 1 is 1.26 bits per heavy atom. The molecule has 1 aromatic rings. The number of carboxylic acid groups (broad SMARTS) is 1. The van der Waals surface area contributed by atoms with Gasteiger partial charge in [0.15, 0.2) is 11.5 Å². The number of benzene rings is 1. The number of alkyl halides is 3. The molecule has 0 saturated carbocycles. The summed E-state index contributed by atoms with van der Waals surface area (Å²) in [7, 11) is 0. The number of likely N-dealkylation sites (tertiary alicyclic amines) is 1. The molecule has 1 aliphatic rings. The molecule has 0 spiro atoms. The summed E-state index contributed by atoms with van der Waals surface area (Å²) in [6, 6.07) is 5.58. The molecule has 1 amide bonds. The van der Waals surface area contributed by atoms with Crippen LogP contribution in [0.2, 0.25) is 0 Å². The molecule has 1 saturated heterocycles. The molecule has 2 rings (SSSR count). The minimum atomic E-state index is -4.93. The summed E-state index contributed by atoms with van der Waals surface area (Å²) in [5.74, 6) is -1.97. The van der Waals surface area contributed by atoms with Crippen LogP contribution < -0.4 is 4.74 Å². The van der Waals surface area contributed by atoms with E-state index in [0.717, 1.165) is 16.0 Å². The zero-order valence-corrected chi connectivity index (χ0v) is 15.8. The second-order valence-corrected chi connectivity index (χ2v) is 7.35. The standard InChI is InChI=1S/C19H24F3NO4/c1-11(2)14-6-5-12(3)9-15(14)27-13(4)16(24)23-8-7-18(10-23,17(25)26)19(20,21)22/h5-6,9,11,13H,7-8,10H2,1-4H3,(H,25,26). The van der Waals surface area contributed by atoms with Crippen molar-refractivity contribution in [2.45, 2.75) is 52.3 Å². The van der Waals surface area contributed by atoms with Crippen molar-refractivity contribution < 1.29 is 32.6 Å². The first-order chi connectivity index (χ1) is 12.4. The Morgan fingerprint density at radius 3 is 2.37 bits per heavy atom. The molecular weight excluding hydrogens is 363 g/mol. The lowest BCUT2D eigenvalue weighted by atomic mass is 9.86. The van der Waals surface area contributed by atoms with Gasteiger partial charge in [-0.15, -0.1) is 0 Å². The van der Waals surface area contributed by atoms with Crippen molar-refractivity contribution in [3.8, 4) is 5.75 Å². The number of rotatable bonds is 5. The Kier molecular flexibility index (Phi) is 5.77. The number of carboxylic acids is 1. The van der Waals surface area contributed by atoms with Crippen LogP contribution >= 0.6 is 0 Å². The molecule has 1 N–H and O–H groups in total. The van der Waals surface area contributed by atoms with Crippen molar-refractivity contribution in [1.29, 1.82) is 0 Å². The van der Waals surface area contributed by atoms with Crippen LogP contribution in [0.5, 0.6) is 5.75 Å². The van der Waals surface area contributed by atoms with Crippen molar-refractivity contribution in [3.05, 3.63) is 29.3 Å². The van der Waals surface area contributed by atoms with Gasteiger partial charge in [0.05, 0.1) is 0 Å². The molecular formula is C19H24F3NO4. The monoisotopic (exact) mass is 387 g/mol. The first-order valence-corrected chi connectivity index (χ1v) is 8.75. The molecule has 27 heavy (non-hydrogen) atoms. The largest absolute Gasteiger partial charge is 0.481 e. The topological polar surface area (TPSA) is 66.8 Å². The minimum Gasteiger partial charge on any atom is -0.481 e. The maximum atomic E-state index is 13.3. The number of amides is 1. The van der Waals surface area contributed by atoms with E-state index in [1.165, 1.54) is 6.92 Å². The smallest absolute Gasteiger partial charge is 0.406 e. The van der Waals surface area contributed by atoms with Crippen molar-refractivity contribution in [2.24, 2.45) is 5.41 Å². The first-order valence-electron chi connectivity index (χ1n) is 8.75. The summed E-state index contributed by atoms with van der Waals surface area (Å²) in [6.45, 7) is 6.09. The Balaban J connectivity index is 2.18. The summed E-state index contributed by atoms with van der Waals surface area (Å²) in [4.78, 5) is 24.8. The molecule has 0 radical (unpaired) electrons. The fourth-order valence-corrected chi connectivity index (χ4v) is 3.24. The van der Waals surface area contributed by atoms with Gasteiger partial charge in [-0.05, 0) is 43.4 Å². The zero-order valence-electron chi connectivity index (χ0n) is 15.8. The van der Waals surface area contributed by atoms with Gasteiger partial charge >= 0.3 is 12.1 Å². The van der Waals surface area contributed by atoms with Gasteiger partial charge in [0, 0.05) is 13.1 Å². The quantitative estimate of drug-likeness (QED) is 0.836. The first kappa shape index (κ1) is 21.1. The molecule has 1 aromatic carbocycles. The maximum absolute atomic E-state index is 13.3. The fourth-order valence-electron chi connectivity index (χ4n) is 3.24. The predicted octanol–water partition coefficient (Wildman–Crippen LogP) is 3.75. The molecule has 150 valence electrons. The number of nitrogens with zero attached hydrogens (tertiary/aromatic N) is 1. The van der Waals surface area contributed by atoms with Crippen molar-refractivity contribution in [3.63, 3.8) is 0 Å². The average Bonchev–Trinajstić information content (AvgIpc) is 3.00. The molecule has 5 nitrogen and oxygen atoms in total. The van der Waals surface area contributed by atoms with E-state index in [9.17, 15) is 22.8 Å². The van der Waals surface area contributed by atoms with Gasteiger partial charge in [0.1, 0.15) is 5.75 Å². The van der Waals surface area contributed by atoms with Crippen LogP contribution in [0.4, 0.5) is 13.2 Å². The van der Waals surface area contributed by atoms with E-state index in [1.807, 2.05) is 32.9 Å². The van der Waals surface area contributed by atoms with E-state index in [-0.39, 0.29) is 12.5 Å². The van der Waals surface area contributed by atoms with Gasteiger partial charge in [-0.3, -0.25) is 9.59 Å². The molecule has 0 aromatic heterocycles. The predicted molar refractivity (Wildman–Crippen MR) is 92.7 cm³/mol. The molecule has 1 aliphatic heterocycles. The molecule has 0 aliphatic carbocycles. The summed E-state index contributed by atoms with van der Waals surface area (Å²) < 4.78 is 45.6. The van der Waals surface area contributed by atoms with Crippen LogP contribution in [0.15, 0.2) is 18.2 Å². The number of aliphatic carboxylic acids is 1. The highest BCUT2D eigenvalue weighted by molar-refractivity contribution is 5.84. The minimum absolute atomic E-state index is 0.138. The second-order valence-electron chi connectivity index (χ2n) is 7.35. The maximum Gasteiger partial charge on any atom is 0.406 e. The van der Waals surface area contributed by atoms with Crippen molar-refractivity contribution >= 4 is 11.9 Å². The third kappa shape index (κ3) is 4.04. The second kappa shape index (κ2) is 7.40. The average molecular weight is 387 g/mol. The third-order valence-electron chi connectivity index (χ3n) is 4.98. The number of hydrogen-bond acceptors (Lipinski definition) is 3. The van der Waals surface area contributed by atoms with Gasteiger partial charge in [-0.25, -0.2) is 0 Å².